The molecule has 0 radical (unpaired) electrons. The lowest BCUT2D eigenvalue weighted by atomic mass is 10.0. The summed E-state index contributed by atoms with van der Waals surface area (Å²) in [6.07, 6.45) is 2.76. The maximum absolute atomic E-state index is 13.1. The molecule has 6 heterocycles. The molecule has 2 atom stereocenters. The monoisotopic (exact) mass is 588 g/mol. The van der Waals surface area contributed by atoms with Crippen LogP contribution in [0.2, 0.25) is 0 Å². The molecule has 0 unspecified atom stereocenters. The van der Waals surface area contributed by atoms with E-state index in [0.717, 1.165) is 11.1 Å². The summed E-state index contributed by atoms with van der Waals surface area (Å²) >= 11 is 0. The number of benzene rings is 2. The third-order valence-electron chi connectivity index (χ3n) is 7.64. The number of hydrogen-bond donors (Lipinski definition) is 2. The van der Waals surface area contributed by atoms with Crippen molar-refractivity contribution in [1.82, 2.24) is 20.1 Å². The molecule has 1 aromatic heterocycles. The van der Waals surface area contributed by atoms with Crippen LogP contribution in [-0.4, -0.2) is 66.1 Å². The average Bonchev–Trinajstić information content (AvgIpc) is 3.02. The highest BCUT2D eigenvalue weighted by Gasteiger charge is 2.34. The standard InChI is InChI=1S/C32H36N4O7/c1-41-28-18-22-7-11-27(28)42-21-30(38)34-25-20-36(32(40)14-17-35-15-3-2-4-31(35)39)16-13-26(25)43-24-9-5-23(6-10-24)19-33-29(37)12-8-22/h2-7,9-11,15,18,25-26H,8,12-14,16-17,19-21H2,1H3,(H,33,37)(H,34,38)/t25-,26-/m1/s1. The Hall–Kier alpha value is -4.80. The Labute approximate surface area is 249 Å². The Morgan fingerprint density at radius 2 is 1.81 bits per heavy atom. The van der Waals surface area contributed by atoms with Gasteiger partial charge in [-0.05, 0) is 47.9 Å². The van der Waals surface area contributed by atoms with Gasteiger partial charge < -0.3 is 34.3 Å². The largest absolute Gasteiger partial charge is 0.493 e. The molecule has 2 aromatic carbocycles. The first-order valence-electron chi connectivity index (χ1n) is 14.4. The fraction of sp³-hybridized carbons (Fsp3) is 0.375. The van der Waals surface area contributed by atoms with Gasteiger partial charge in [-0.25, -0.2) is 0 Å². The van der Waals surface area contributed by atoms with Crippen LogP contribution in [0.5, 0.6) is 17.2 Å². The molecule has 8 rings (SSSR count). The van der Waals surface area contributed by atoms with Crippen molar-refractivity contribution in [3.63, 3.8) is 0 Å². The van der Waals surface area contributed by atoms with Gasteiger partial charge in [-0.1, -0.05) is 24.3 Å². The number of nitrogens with one attached hydrogen (secondary N) is 2. The molecule has 1 fully saturated rings. The number of aryl methyl sites for hydroxylation is 2. The second-order valence-corrected chi connectivity index (χ2v) is 10.6. The number of carbonyl (C=O) groups is 3. The van der Waals surface area contributed by atoms with Crippen LogP contribution in [0.4, 0.5) is 0 Å². The number of methoxy groups -OCH3 is 1. The van der Waals surface area contributed by atoms with Gasteiger partial charge in [-0.2, -0.15) is 0 Å². The van der Waals surface area contributed by atoms with E-state index < -0.39 is 12.1 Å². The minimum atomic E-state index is -0.498. The first-order chi connectivity index (χ1) is 20.9. The molecule has 3 amide bonds. The number of amides is 3. The predicted molar refractivity (Wildman–Crippen MR) is 158 cm³/mol. The van der Waals surface area contributed by atoms with E-state index >= 15 is 0 Å². The van der Waals surface area contributed by atoms with E-state index in [0.29, 0.717) is 49.6 Å². The van der Waals surface area contributed by atoms with Gasteiger partial charge in [0.25, 0.3) is 11.5 Å². The SMILES string of the molecule is COc1cc2ccc1OCC(=O)N[C@@H]1CN(C(=O)CCn3ccccc3=O)CC[C@H]1Oc1ccc(cc1)CNC(=O)CC2. The molecule has 43 heavy (non-hydrogen) atoms. The number of nitrogens with zero attached hydrogens (tertiary/aromatic N) is 2. The summed E-state index contributed by atoms with van der Waals surface area (Å²) < 4.78 is 19.1. The van der Waals surface area contributed by atoms with Gasteiger partial charge in [0.15, 0.2) is 18.1 Å². The molecule has 11 heteroatoms. The van der Waals surface area contributed by atoms with E-state index in [4.69, 9.17) is 14.2 Å². The summed E-state index contributed by atoms with van der Waals surface area (Å²) in [4.78, 5) is 52.4. The van der Waals surface area contributed by atoms with E-state index in [-0.39, 0.29) is 49.4 Å². The minimum absolute atomic E-state index is 0.0642. The number of ether oxygens (including phenoxy) is 3. The van der Waals surface area contributed by atoms with Crippen LogP contribution >= 0.6 is 0 Å². The Bertz CT molecular complexity index is 1500. The van der Waals surface area contributed by atoms with Crippen molar-refractivity contribution < 1.29 is 28.6 Å². The highest BCUT2D eigenvalue weighted by atomic mass is 16.5. The Morgan fingerprint density at radius 3 is 2.60 bits per heavy atom. The molecular formula is C32H36N4O7. The van der Waals surface area contributed by atoms with Crippen molar-refractivity contribution in [2.45, 2.75) is 50.9 Å². The molecule has 226 valence electrons. The van der Waals surface area contributed by atoms with Crippen molar-refractivity contribution in [3.05, 3.63) is 88.3 Å². The number of rotatable bonds is 4. The number of likely N-dealkylation sites (tertiary alicyclic amines) is 1. The number of carbonyl (C=O) groups excluding carboxylic acids is 3. The lowest BCUT2D eigenvalue weighted by molar-refractivity contribution is -0.135. The van der Waals surface area contributed by atoms with E-state index in [1.807, 2.05) is 30.3 Å². The fourth-order valence-electron chi connectivity index (χ4n) is 5.24. The number of hydrogen-bond acceptors (Lipinski definition) is 7. The zero-order valence-corrected chi connectivity index (χ0v) is 24.1. The lowest BCUT2D eigenvalue weighted by Crippen LogP contribution is -2.58. The maximum Gasteiger partial charge on any atom is 0.258 e. The van der Waals surface area contributed by atoms with E-state index in [9.17, 15) is 19.2 Å². The van der Waals surface area contributed by atoms with Crippen molar-refractivity contribution in [1.29, 1.82) is 0 Å². The molecule has 5 aliphatic rings. The van der Waals surface area contributed by atoms with Crippen LogP contribution in [0.3, 0.4) is 0 Å². The van der Waals surface area contributed by atoms with Gasteiger partial charge in [-0.3, -0.25) is 19.2 Å². The Morgan fingerprint density at radius 1 is 1.00 bits per heavy atom. The van der Waals surface area contributed by atoms with Crippen molar-refractivity contribution in [2.24, 2.45) is 0 Å². The summed E-state index contributed by atoms with van der Waals surface area (Å²) in [5.41, 5.74) is 1.68. The smallest absolute Gasteiger partial charge is 0.258 e. The molecule has 11 nitrogen and oxygen atoms in total. The normalized spacial score (nSPS) is 19.3. The summed E-state index contributed by atoms with van der Waals surface area (Å²) in [7, 11) is 1.52. The molecule has 1 saturated heterocycles. The number of aromatic nitrogens is 1. The summed E-state index contributed by atoms with van der Waals surface area (Å²) in [5, 5.41) is 5.96. The van der Waals surface area contributed by atoms with Crippen molar-refractivity contribution in [2.75, 3.05) is 26.8 Å². The van der Waals surface area contributed by atoms with Crippen molar-refractivity contribution in [3.8, 4) is 17.2 Å². The van der Waals surface area contributed by atoms with Crippen LogP contribution in [0, 0.1) is 0 Å². The van der Waals surface area contributed by atoms with Gasteiger partial charge in [0.1, 0.15) is 11.9 Å². The van der Waals surface area contributed by atoms with E-state index in [1.165, 1.54) is 17.7 Å². The van der Waals surface area contributed by atoms with Gasteiger partial charge in [0, 0.05) is 57.7 Å². The lowest BCUT2D eigenvalue weighted by Gasteiger charge is -2.39. The zero-order chi connectivity index (χ0) is 30.2. The molecule has 4 bridgehead atoms. The summed E-state index contributed by atoms with van der Waals surface area (Å²) in [6.45, 7) is 1.10. The molecule has 0 saturated carbocycles. The molecule has 5 aliphatic heterocycles. The molecule has 0 spiro atoms. The Balaban J connectivity index is 1.32. The second kappa shape index (κ2) is 13.9. The van der Waals surface area contributed by atoms with Crippen LogP contribution in [0.1, 0.15) is 30.4 Å². The highest BCUT2D eigenvalue weighted by molar-refractivity contribution is 5.79. The zero-order valence-electron chi connectivity index (χ0n) is 24.1. The number of piperidine rings is 1. The second-order valence-electron chi connectivity index (χ2n) is 10.6. The van der Waals surface area contributed by atoms with Crippen molar-refractivity contribution >= 4 is 17.7 Å². The topological polar surface area (TPSA) is 128 Å². The van der Waals surface area contributed by atoms with Crippen LogP contribution in [-0.2, 0) is 33.9 Å². The van der Waals surface area contributed by atoms with Crippen LogP contribution in [0.25, 0.3) is 0 Å². The van der Waals surface area contributed by atoms with Gasteiger partial charge in [0.05, 0.1) is 13.2 Å². The van der Waals surface area contributed by atoms with E-state index in [2.05, 4.69) is 10.6 Å². The molecule has 0 aliphatic carbocycles. The molecule has 2 N–H and O–H groups in total. The predicted octanol–water partition coefficient (Wildman–Crippen LogP) is 2.05. The number of pyridine rings is 1. The summed E-state index contributed by atoms with van der Waals surface area (Å²) in [6, 6.07) is 17.2. The third-order valence-corrected chi connectivity index (χ3v) is 7.64. The van der Waals surface area contributed by atoms with Crippen LogP contribution < -0.4 is 30.4 Å². The third kappa shape index (κ3) is 7.94. The first kappa shape index (κ1) is 29.7. The average molecular weight is 589 g/mol. The maximum atomic E-state index is 13.1. The first-order valence-corrected chi connectivity index (χ1v) is 14.4. The minimum Gasteiger partial charge on any atom is -0.493 e. The van der Waals surface area contributed by atoms with Gasteiger partial charge in [-0.15, -0.1) is 0 Å². The quantitative estimate of drug-likeness (QED) is 0.478. The highest BCUT2D eigenvalue weighted by Crippen LogP contribution is 2.29. The Kier molecular flexibility index (Phi) is 9.60. The molecule has 3 aromatic rings. The van der Waals surface area contributed by atoms with Crippen LogP contribution in [0.15, 0.2) is 71.7 Å². The van der Waals surface area contributed by atoms with Gasteiger partial charge in [0.2, 0.25) is 11.8 Å². The fourth-order valence-corrected chi connectivity index (χ4v) is 5.24. The van der Waals surface area contributed by atoms with Gasteiger partial charge >= 0.3 is 0 Å². The summed E-state index contributed by atoms with van der Waals surface area (Å²) in [5.74, 6) is 0.957. The van der Waals surface area contributed by atoms with E-state index in [1.54, 1.807) is 35.4 Å². The molecular weight excluding hydrogens is 552 g/mol.